The van der Waals surface area contributed by atoms with Crippen molar-refractivity contribution in [1.82, 2.24) is 9.88 Å². The Labute approximate surface area is 200 Å². The van der Waals surface area contributed by atoms with Gasteiger partial charge in [-0.1, -0.05) is 50.2 Å². The fourth-order valence-electron chi connectivity index (χ4n) is 4.06. The van der Waals surface area contributed by atoms with Gasteiger partial charge < -0.3 is 9.64 Å². The number of benzene rings is 1. The van der Waals surface area contributed by atoms with Crippen LogP contribution in [0, 0.1) is 0 Å². The van der Waals surface area contributed by atoms with Crippen LogP contribution in [0.2, 0.25) is 0 Å². The Bertz CT molecular complexity index is 976. The molecule has 0 saturated carbocycles. The number of esters is 1. The van der Waals surface area contributed by atoms with Crippen molar-refractivity contribution in [2.24, 2.45) is 0 Å². The first kappa shape index (κ1) is 25.0. The van der Waals surface area contributed by atoms with Gasteiger partial charge in [0.15, 0.2) is 0 Å². The molecule has 1 aromatic carbocycles. The minimum Gasteiger partial charge on any atom is -0.464 e. The van der Waals surface area contributed by atoms with Crippen molar-refractivity contribution in [2.45, 2.75) is 63.3 Å². The number of amides is 1. The zero-order valence-corrected chi connectivity index (χ0v) is 20.6. The van der Waals surface area contributed by atoms with Gasteiger partial charge in [-0.15, -0.1) is 11.8 Å². The molecule has 1 aliphatic heterocycles. The predicted octanol–water partition coefficient (Wildman–Crippen LogP) is 4.17. The lowest BCUT2D eigenvalue weighted by Crippen LogP contribution is -2.53. The molecule has 0 spiro atoms. The highest BCUT2D eigenvalue weighted by Crippen LogP contribution is 2.40. The number of carbonyl (C=O) groups excluding carboxylic acids is 3. The van der Waals surface area contributed by atoms with Crippen LogP contribution >= 0.6 is 11.8 Å². The van der Waals surface area contributed by atoms with Crippen molar-refractivity contribution in [3.63, 3.8) is 0 Å². The molecule has 1 aliphatic rings. The van der Waals surface area contributed by atoms with E-state index in [0.717, 1.165) is 17.5 Å². The molecule has 0 bridgehead atoms. The van der Waals surface area contributed by atoms with Crippen molar-refractivity contribution in [1.29, 1.82) is 0 Å². The van der Waals surface area contributed by atoms with Gasteiger partial charge in [0.2, 0.25) is 5.78 Å². The van der Waals surface area contributed by atoms with E-state index in [9.17, 15) is 14.4 Å². The molecule has 0 unspecified atom stereocenters. The Morgan fingerprint density at radius 3 is 2.55 bits per heavy atom. The van der Waals surface area contributed by atoms with E-state index in [4.69, 9.17) is 4.74 Å². The molecule has 1 atom stereocenters. The van der Waals surface area contributed by atoms with E-state index in [1.165, 1.54) is 16.7 Å². The van der Waals surface area contributed by atoms with Gasteiger partial charge in [-0.25, -0.2) is 4.79 Å². The first-order valence-electron chi connectivity index (χ1n) is 11.2. The predicted molar refractivity (Wildman–Crippen MR) is 130 cm³/mol. The summed E-state index contributed by atoms with van der Waals surface area (Å²) in [7, 11) is 0. The second-order valence-electron chi connectivity index (χ2n) is 9.43. The van der Waals surface area contributed by atoms with E-state index >= 15 is 0 Å². The van der Waals surface area contributed by atoms with Gasteiger partial charge in [-0.05, 0) is 49.3 Å². The third kappa shape index (κ3) is 6.22. The van der Waals surface area contributed by atoms with Crippen molar-refractivity contribution < 1.29 is 19.1 Å². The van der Waals surface area contributed by atoms with Gasteiger partial charge in [-0.2, -0.15) is 0 Å². The largest absolute Gasteiger partial charge is 0.464 e. The third-order valence-electron chi connectivity index (χ3n) is 5.95. The van der Waals surface area contributed by atoms with Crippen LogP contribution in [-0.2, 0) is 31.0 Å². The number of carbonyl (C=O) groups is 3. The molecule has 0 radical (unpaired) electrons. The summed E-state index contributed by atoms with van der Waals surface area (Å²) in [6, 6.07) is 12.8. The summed E-state index contributed by atoms with van der Waals surface area (Å²) in [5, 5.41) is 0. The lowest BCUT2D eigenvalue weighted by atomic mass is 9.80. The summed E-state index contributed by atoms with van der Waals surface area (Å²) in [5.41, 5.74) is 1.58. The van der Waals surface area contributed by atoms with E-state index in [-0.39, 0.29) is 13.0 Å². The number of rotatable bonds is 9. The molecule has 33 heavy (non-hydrogen) atoms. The second-order valence-corrected chi connectivity index (χ2v) is 11.1. The Balaban J connectivity index is 1.61. The van der Waals surface area contributed by atoms with E-state index in [2.05, 4.69) is 4.98 Å². The van der Waals surface area contributed by atoms with Crippen molar-refractivity contribution in [3.05, 3.63) is 66.0 Å². The fourth-order valence-corrected chi connectivity index (χ4v) is 5.26. The zero-order chi connectivity index (χ0) is 24.1. The van der Waals surface area contributed by atoms with Crippen LogP contribution in [0.25, 0.3) is 0 Å². The molecule has 1 saturated heterocycles. The summed E-state index contributed by atoms with van der Waals surface area (Å²) in [6.45, 7) is 7.88. The summed E-state index contributed by atoms with van der Waals surface area (Å²) >= 11 is 1.48. The average Bonchev–Trinajstić information content (AvgIpc) is 3.12. The van der Waals surface area contributed by atoms with E-state index in [1.807, 2.05) is 70.2 Å². The van der Waals surface area contributed by atoms with Gasteiger partial charge in [0.05, 0.1) is 11.5 Å². The highest BCUT2D eigenvalue weighted by atomic mass is 32.2. The Hall–Kier alpha value is -2.67. The monoisotopic (exact) mass is 468 g/mol. The van der Waals surface area contributed by atoms with Gasteiger partial charge in [-0.3, -0.25) is 14.6 Å². The van der Waals surface area contributed by atoms with Gasteiger partial charge in [0.1, 0.15) is 6.04 Å². The molecule has 1 fully saturated rings. The number of ketones is 1. The number of aromatic nitrogens is 1. The Morgan fingerprint density at radius 2 is 1.88 bits per heavy atom. The number of pyridine rings is 1. The zero-order valence-electron chi connectivity index (χ0n) is 19.7. The molecule has 176 valence electrons. The minimum absolute atomic E-state index is 0.0694. The number of aryl methyl sites for hydroxylation is 1. The highest BCUT2D eigenvalue weighted by Gasteiger charge is 2.49. The number of ether oxygens (including phenoxy) is 1. The van der Waals surface area contributed by atoms with Crippen molar-refractivity contribution in [2.75, 3.05) is 12.4 Å². The Kier molecular flexibility index (Phi) is 7.95. The first-order valence-corrected chi connectivity index (χ1v) is 12.2. The maximum absolute atomic E-state index is 13.2. The summed E-state index contributed by atoms with van der Waals surface area (Å²) < 4.78 is 5.49. The summed E-state index contributed by atoms with van der Waals surface area (Å²) in [6.07, 6.45) is 5.00. The van der Waals surface area contributed by atoms with Crippen LogP contribution in [0.1, 0.15) is 51.7 Å². The summed E-state index contributed by atoms with van der Waals surface area (Å²) in [4.78, 5) is 44.0. The van der Waals surface area contributed by atoms with Crippen LogP contribution < -0.4 is 0 Å². The maximum Gasteiger partial charge on any atom is 0.329 e. The fraction of sp³-hybridized carbons (Fsp3) is 0.462. The number of hydrogen-bond acceptors (Lipinski definition) is 6. The number of Topliss-reactive ketones (excluding diaryl/α,β-unsaturated/α-hetero) is 1. The quantitative estimate of drug-likeness (QED) is 0.312. The molecular weight excluding hydrogens is 436 g/mol. The van der Waals surface area contributed by atoms with Crippen molar-refractivity contribution >= 4 is 29.4 Å². The van der Waals surface area contributed by atoms with Crippen LogP contribution in [0.15, 0.2) is 54.9 Å². The molecule has 2 aromatic rings. The first-order chi connectivity index (χ1) is 15.6. The lowest BCUT2D eigenvalue weighted by molar-refractivity contribution is -0.158. The normalized spacial score (nSPS) is 17.6. The molecule has 1 amide bonds. The molecule has 2 heterocycles. The summed E-state index contributed by atoms with van der Waals surface area (Å²) in [5.74, 6) is -1.15. The number of thioether (sulfide) groups is 1. The molecule has 1 aromatic heterocycles. The minimum atomic E-state index is -0.764. The molecule has 0 aliphatic carbocycles. The van der Waals surface area contributed by atoms with Crippen LogP contribution in [0.4, 0.5) is 0 Å². The van der Waals surface area contributed by atoms with Crippen LogP contribution in [0.5, 0.6) is 0 Å². The smallest absolute Gasteiger partial charge is 0.329 e. The van der Waals surface area contributed by atoms with E-state index in [0.29, 0.717) is 12.2 Å². The van der Waals surface area contributed by atoms with Gasteiger partial charge >= 0.3 is 5.97 Å². The van der Waals surface area contributed by atoms with Gasteiger partial charge in [0, 0.05) is 24.6 Å². The molecule has 6 nitrogen and oxygen atoms in total. The van der Waals surface area contributed by atoms with Crippen LogP contribution in [0.3, 0.4) is 0 Å². The maximum atomic E-state index is 13.2. The highest BCUT2D eigenvalue weighted by molar-refractivity contribution is 8.00. The van der Waals surface area contributed by atoms with Crippen molar-refractivity contribution in [3.8, 4) is 0 Å². The molecule has 0 N–H and O–H groups in total. The number of hydrogen-bond donors (Lipinski definition) is 0. The average molecular weight is 469 g/mol. The van der Waals surface area contributed by atoms with E-state index in [1.54, 1.807) is 12.4 Å². The topological polar surface area (TPSA) is 76.6 Å². The van der Waals surface area contributed by atoms with Gasteiger partial charge in [0.25, 0.3) is 5.91 Å². The van der Waals surface area contributed by atoms with Crippen LogP contribution in [-0.4, -0.2) is 50.8 Å². The SMILES string of the molecule is CC(C)(CC(=O)C(=O)N1[C@H](C(=O)OCCCc2cccnc2)CSC1(C)C)c1ccccc1. The Morgan fingerprint density at radius 1 is 1.15 bits per heavy atom. The third-order valence-corrected chi connectivity index (χ3v) is 7.34. The second kappa shape index (κ2) is 10.5. The molecular formula is C26H32N2O4S. The van der Waals surface area contributed by atoms with E-state index < -0.39 is 34.0 Å². The lowest BCUT2D eigenvalue weighted by Gasteiger charge is -2.34. The number of nitrogens with zero attached hydrogens (tertiary/aromatic N) is 2. The standard InChI is InChI=1S/C26H32N2O4S/c1-25(2,20-12-6-5-7-13-20)16-22(29)23(30)28-21(18-33-26(28,3)4)24(31)32-15-9-11-19-10-8-14-27-17-19/h5-8,10,12-14,17,21H,9,11,15-16,18H2,1-4H3/t21-/m0/s1. The molecule has 3 rings (SSSR count). The molecule has 7 heteroatoms.